The first-order chi connectivity index (χ1) is 7.17. The average Bonchev–Trinajstić information content (AvgIpc) is 2.26. The molecule has 0 aromatic rings. The van der Waals surface area contributed by atoms with E-state index >= 15 is 0 Å². The Morgan fingerprint density at radius 2 is 2.00 bits per heavy atom. The summed E-state index contributed by atoms with van der Waals surface area (Å²) in [4.78, 5) is 6.89. The molecule has 90 valence electrons. The van der Waals surface area contributed by atoms with E-state index in [1.807, 2.05) is 0 Å². The van der Waals surface area contributed by atoms with Gasteiger partial charge >= 0.3 is 0 Å². The maximum absolute atomic E-state index is 11.6. The molecule has 6 nitrogen and oxygen atoms in total. The van der Waals surface area contributed by atoms with E-state index in [1.54, 1.807) is 0 Å². The number of hydrogen-bond acceptors (Lipinski definition) is 5. The highest BCUT2D eigenvalue weighted by molar-refractivity contribution is 7.89. The number of methoxy groups -OCH3 is 1. The lowest BCUT2D eigenvalue weighted by Gasteiger charge is -2.21. The number of nitrogens with one attached hydrogen (secondary N) is 1. The monoisotopic (exact) mass is 239 g/mol. The second kappa shape index (κ2) is 6.39. The fourth-order valence-corrected chi connectivity index (χ4v) is 2.50. The normalized spacial score (nSPS) is 19.3. The molecule has 1 rings (SSSR count). The van der Waals surface area contributed by atoms with Crippen LogP contribution in [-0.2, 0) is 24.3 Å². The van der Waals surface area contributed by atoms with E-state index in [1.165, 1.54) is 7.11 Å². The van der Waals surface area contributed by atoms with Crippen molar-refractivity contribution in [1.82, 2.24) is 4.89 Å². The van der Waals surface area contributed by atoms with Crippen LogP contribution >= 0.6 is 0 Å². The van der Waals surface area contributed by atoms with Crippen molar-refractivity contribution >= 4 is 10.0 Å². The molecule has 7 heteroatoms. The number of sulfonamides is 1. The van der Waals surface area contributed by atoms with Gasteiger partial charge in [0.05, 0.1) is 18.5 Å². The van der Waals surface area contributed by atoms with E-state index in [4.69, 9.17) is 14.3 Å². The van der Waals surface area contributed by atoms with Crippen molar-refractivity contribution < 1.29 is 22.7 Å². The van der Waals surface area contributed by atoms with E-state index in [-0.39, 0.29) is 6.61 Å². The van der Waals surface area contributed by atoms with Gasteiger partial charge in [-0.2, -0.15) is 0 Å². The zero-order valence-corrected chi connectivity index (χ0v) is 9.59. The number of rotatable bonds is 6. The van der Waals surface area contributed by atoms with Gasteiger partial charge in [-0.3, -0.25) is 4.84 Å². The van der Waals surface area contributed by atoms with Crippen LogP contribution in [0.15, 0.2) is 0 Å². The summed E-state index contributed by atoms with van der Waals surface area (Å²) in [6.45, 7) is 1.54. The minimum absolute atomic E-state index is 0.207. The predicted octanol–water partition coefficient (Wildman–Crippen LogP) is -0.337. The molecule has 0 amide bonds. The van der Waals surface area contributed by atoms with Crippen molar-refractivity contribution in [3.63, 3.8) is 0 Å². The first kappa shape index (κ1) is 12.9. The van der Waals surface area contributed by atoms with Crippen LogP contribution in [-0.4, -0.2) is 47.2 Å². The van der Waals surface area contributed by atoms with Gasteiger partial charge in [0.25, 0.3) is 0 Å². The van der Waals surface area contributed by atoms with Crippen molar-refractivity contribution in [3.8, 4) is 0 Å². The van der Waals surface area contributed by atoms with E-state index in [0.717, 1.165) is 0 Å². The van der Waals surface area contributed by atoms with E-state index in [2.05, 4.69) is 4.89 Å². The maximum Gasteiger partial charge on any atom is 0.236 e. The standard InChI is InChI=1S/C8H17NO5S/c1-12-6-7-14-9-15(10,11)8-2-4-13-5-3-8/h8-9H,2-7H2,1H3. The van der Waals surface area contributed by atoms with Gasteiger partial charge in [0.15, 0.2) is 0 Å². The van der Waals surface area contributed by atoms with Gasteiger partial charge in [-0.25, -0.2) is 8.42 Å². The molecule has 0 saturated carbocycles. The quantitative estimate of drug-likeness (QED) is 0.507. The molecule has 0 aromatic heterocycles. The van der Waals surface area contributed by atoms with Crippen LogP contribution in [0.5, 0.6) is 0 Å². The Labute approximate surface area is 89.9 Å². The lowest BCUT2D eigenvalue weighted by molar-refractivity contribution is 0.0416. The molecule has 1 aliphatic rings. The molecule has 0 unspecified atom stereocenters. The van der Waals surface area contributed by atoms with Crippen LogP contribution in [0.25, 0.3) is 0 Å². The molecule has 0 aromatic carbocycles. The van der Waals surface area contributed by atoms with Gasteiger partial charge in [0, 0.05) is 20.3 Å². The average molecular weight is 239 g/mol. The molecule has 0 spiro atoms. The lowest BCUT2D eigenvalue weighted by Crippen LogP contribution is -2.38. The smallest absolute Gasteiger partial charge is 0.236 e. The SMILES string of the molecule is COCCONS(=O)(=O)C1CCOCC1. The van der Waals surface area contributed by atoms with Crippen molar-refractivity contribution in [1.29, 1.82) is 0 Å². The summed E-state index contributed by atoms with van der Waals surface area (Å²) in [7, 11) is -1.85. The molecular formula is C8H17NO5S. The molecule has 0 radical (unpaired) electrons. The summed E-state index contributed by atoms with van der Waals surface area (Å²) in [5.41, 5.74) is 0. The van der Waals surface area contributed by atoms with Crippen LogP contribution in [0.3, 0.4) is 0 Å². The van der Waals surface area contributed by atoms with Crippen molar-refractivity contribution in [3.05, 3.63) is 0 Å². The van der Waals surface area contributed by atoms with Crippen molar-refractivity contribution in [2.45, 2.75) is 18.1 Å². The molecule has 1 aliphatic heterocycles. The van der Waals surface area contributed by atoms with Crippen LogP contribution in [0.1, 0.15) is 12.8 Å². The molecule has 1 saturated heterocycles. The fraction of sp³-hybridized carbons (Fsp3) is 1.00. The second-order valence-electron chi connectivity index (χ2n) is 3.28. The van der Waals surface area contributed by atoms with Gasteiger partial charge < -0.3 is 9.47 Å². The van der Waals surface area contributed by atoms with Gasteiger partial charge in [-0.15, -0.1) is 0 Å². The minimum atomic E-state index is -3.37. The zero-order chi connectivity index (χ0) is 11.1. The Morgan fingerprint density at radius 3 is 2.60 bits per heavy atom. The molecule has 0 aliphatic carbocycles. The summed E-state index contributed by atoms with van der Waals surface area (Å²) in [5.74, 6) is 0. The highest BCUT2D eigenvalue weighted by Crippen LogP contribution is 2.14. The highest BCUT2D eigenvalue weighted by Gasteiger charge is 2.27. The van der Waals surface area contributed by atoms with Crippen LogP contribution in [0, 0.1) is 0 Å². The van der Waals surface area contributed by atoms with E-state index in [9.17, 15) is 8.42 Å². The third kappa shape index (κ3) is 4.43. The number of ether oxygens (including phenoxy) is 2. The van der Waals surface area contributed by atoms with Crippen LogP contribution < -0.4 is 4.89 Å². The second-order valence-corrected chi connectivity index (χ2v) is 5.20. The number of hydrogen-bond donors (Lipinski definition) is 1. The molecule has 1 fully saturated rings. The van der Waals surface area contributed by atoms with Gasteiger partial charge in [0.2, 0.25) is 10.0 Å². The maximum atomic E-state index is 11.6. The summed E-state index contributed by atoms with van der Waals surface area (Å²) in [6, 6.07) is 0. The molecular weight excluding hydrogens is 222 g/mol. The Hall–Kier alpha value is -0.210. The Morgan fingerprint density at radius 1 is 1.33 bits per heavy atom. The van der Waals surface area contributed by atoms with Gasteiger partial charge in [0.1, 0.15) is 0 Å². The van der Waals surface area contributed by atoms with Crippen molar-refractivity contribution in [2.24, 2.45) is 0 Å². The van der Waals surface area contributed by atoms with E-state index < -0.39 is 15.3 Å². The summed E-state index contributed by atoms with van der Waals surface area (Å²) < 4.78 is 33.0. The largest absolute Gasteiger partial charge is 0.382 e. The third-order valence-electron chi connectivity index (χ3n) is 2.17. The summed E-state index contributed by atoms with van der Waals surface area (Å²) >= 11 is 0. The lowest BCUT2D eigenvalue weighted by atomic mass is 10.2. The molecule has 0 bridgehead atoms. The predicted molar refractivity (Wildman–Crippen MR) is 53.7 cm³/mol. The van der Waals surface area contributed by atoms with Crippen molar-refractivity contribution in [2.75, 3.05) is 33.5 Å². The minimum Gasteiger partial charge on any atom is -0.382 e. The van der Waals surface area contributed by atoms with Crippen LogP contribution in [0.4, 0.5) is 0 Å². The molecule has 1 N–H and O–H groups in total. The Bertz CT molecular complexity index is 260. The van der Waals surface area contributed by atoms with E-state index in [0.29, 0.717) is 32.7 Å². The Balaban J connectivity index is 2.30. The molecule has 0 atom stereocenters. The fourth-order valence-electron chi connectivity index (χ4n) is 1.30. The third-order valence-corrected chi connectivity index (χ3v) is 3.87. The molecule has 15 heavy (non-hydrogen) atoms. The Kier molecular flexibility index (Phi) is 5.48. The zero-order valence-electron chi connectivity index (χ0n) is 8.77. The van der Waals surface area contributed by atoms with Crippen LogP contribution in [0.2, 0.25) is 0 Å². The van der Waals surface area contributed by atoms with Gasteiger partial charge in [-0.1, -0.05) is 4.89 Å². The summed E-state index contributed by atoms with van der Waals surface area (Å²) in [5, 5.41) is -0.409. The topological polar surface area (TPSA) is 73.9 Å². The first-order valence-corrected chi connectivity index (χ1v) is 6.40. The van der Waals surface area contributed by atoms with Gasteiger partial charge in [-0.05, 0) is 12.8 Å². The molecule has 1 heterocycles. The highest BCUT2D eigenvalue weighted by atomic mass is 32.2. The summed E-state index contributed by atoms with van der Waals surface area (Å²) in [6.07, 6.45) is 1.03. The first-order valence-electron chi connectivity index (χ1n) is 4.86.